The Morgan fingerprint density at radius 3 is 2.76 bits per heavy atom. The summed E-state index contributed by atoms with van der Waals surface area (Å²) in [6.07, 6.45) is 0. The molecule has 1 N–H and O–H groups in total. The molecule has 0 amide bonds. The van der Waals surface area contributed by atoms with Gasteiger partial charge in [0.15, 0.2) is 11.5 Å². The highest BCUT2D eigenvalue weighted by atomic mass is 16.6. The largest absolute Gasteiger partial charge is 0.486 e. The minimum Gasteiger partial charge on any atom is -0.486 e. The van der Waals surface area contributed by atoms with Crippen LogP contribution < -0.4 is 14.8 Å². The number of nitrogens with one attached hydrogen (secondary N) is 1. The molecule has 0 aliphatic carbocycles. The van der Waals surface area contributed by atoms with Crippen LogP contribution in [0.5, 0.6) is 11.5 Å². The Labute approximate surface area is 102 Å². The van der Waals surface area contributed by atoms with Crippen LogP contribution in [0.3, 0.4) is 0 Å². The van der Waals surface area contributed by atoms with Crippen LogP contribution >= 0.6 is 0 Å². The van der Waals surface area contributed by atoms with Crippen LogP contribution in [0, 0.1) is 0 Å². The minimum atomic E-state index is 0.334. The maximum atomic E-state index is 5.58. The molecule has 1 aliphatic rings. The number of methoxy groups -OCH3 is 1. The summed E-state index contributed by atoms with van der Waals surface area (Å²) in [5, 5.41) is 3.18. The number of fused-ring (bicyclic) bond motifs is 1. The minimum absolute atomic E-state index is 0.334. The Morgan fingerprint density at radius 1 is 1.29 bits per heavy atom. The van der Waals surface area contributed by atoms with Crippen molar-refractivity contribution in [2.45, 2.75) is 5.92 Å². The predicted molar refractivity (Wildman–Crippen MR) is 66.0 cm³/mol. The molecule has 2 rings (SSSR count). The van der Waals surface area contributed by atoms with Gasteiger partial charge in [0.05, 0.1) is 6.61 Å². The van der Waals surface area contributed by atoms with E-state index >= 15 is 0 Å². The van der Waals surface area contributed by atoms with Gasteiger partial charge in [0.25, 0.3) is 0 Å². The predicted octanol–water partition coefficient (Wildman–Crippen LogP) is 1.41. The molecule has 1 aromatic rings. The van der Waals surface area contributed by atoms with E-state index in [1.54, 1.807) is 7.11 Å². The summed E-state index contributed by atoms with van der Waals surface area (Å²) in [5.41, 5.74) is 1.21. The van der Waals surface area contributed by atoms with Crippen molar-refractivity contribution in [1.82, 2.24) is 5.32 Å². The van der Waals surface area contributed by atoms with Crippen LogP contribution in [0.2, 0.25) is 0 Å². The van der Waals surface area contributed by atoms with Crippen LogP contribution in [-0.4, -0.2) is 40.5 Å². The SMILES string of the molecule is CNCC(COC)c1ccc2c(c1)OCCO2. The third-order valence-corrected chi connectivity index (χ3v) is 2.86. The smallest absolute Gasteiger partial charge is 0.161 e. The van der Waals surface area contributed by atoms with E-state index in [0.29, 0.717) is 25.7 Å². The third kappa shape index (κ3) is 2.90. The van der Waals surface area contributed by atoms with Gasteiger partial charge in [-0.1, -0.05) is 6.07 Å². The quantitative estimate of drug-likeness (QED) is 0.840. The second-order valence-electron chi connectivity index (χ2n) is 4.11. The van der Waals surface area contributed by atoms with E-state index in [9.17, 15) is 0 Å². The van der Waals surface area contributed by atoms with Gasteiger partial charge in [-0.05, 0) is 24.7 Å². The average Bonchev–Trinajstić information content (AvgIpc) is 2.38. The zero-order valence-electron chi connectivity index (χ0n) is 10.4. The molecule has 94 valence electrons. The number of rotatable bonds is 5. The van der Waals surface area contributed by atoms with Gasteiger partial charge in [-0.2, -0.15) is 0 Å². The van der Waals surface area contributed by atoms with Crippen molar-refractivity contribution in [3.05, 3.63) is 23.8 Å². The van der Waals surface area contributed by atoms with Gasteiger partial charge < -0.3 is 19.5 Å². The van der Waals surface area contributed by atoms with Gasteiger partial charge in [-0.15, -0.1) is 0 Å². The van der Waals surface area contributed by atoms with Crippen molar-refractivity contribution in [3.63, 3.8) is 0 Å². The second kappa shape index (κ2) is 5.89. The topological polar surface area (TPSA) is 39.7 Å². The molecule has 1 heterocycles. The first-order chi connectivity index (χ1) is 8.35. The zero-order valence-corrected chi connectivity index (χ0v) is 10.4. The summed E-state index contributed by atoms with van der Waals surface area (Å²) < 4.78 is 16.3. The summed E-state index contributed by atoms with van der Waals surface area (Å²) in [6.45, 7) is 2.83. The van der Waals surface area contributed by atoms with Gasteiger partial charge in [0.1, 0.15) is 13.2 Å². The Kier molecular flexibility index (Phi) is 4.23. The van der Waals surface area contributed by atoms with Crippen molar-refractivity contribution in [2.24, 2.45) is 0 Å². The molecule has 17 heavy (non-hydrogen) atoms. The fourth-order valence-electron chi connectivity index (χ4n) is 2.03. The van der Waals surface area contributed by atoms with Crippen LogP contribution in [0.1, 0.15) is 11.5 Å². The van der Waals surface area contributed by atoms with Crippen molar-refractivity contribution in [3.8, 4) is 11.5 Å². The Balaban J connectivity index is 2.18. The maximum Gasteiger partial charge on any atom is 0.161 e. The summed E-state index contributed by atoms with van der Waals surface area (Å²) in [7, 11) is 3.67. The van der Waals surface area contributed by atoms with E-state index in [2.05, 4.69) is 17.4 Å². The number of likely N-dealkylation sites (N-methyl/N-ethyl adjacent to an activating group) is 1. The Hall–Kier alpha value is -1.26. The molecule has 4 nitrogen and oxygen atoms in total. The van der Waals surface area contributed by atoms with Gasteiger partial charge in [0.2, 0.25) is 0 Å². The van der Waals surface area contributed by atoms with Crippen LogP contribution in [0.15, 0.2) is 18.2 Å². The van der Waals surface area contributed by atoms with Crippen molar-refractivity contribution < 1.29 is 14.2 Å². The van der Waals surface area contributed by atoms with E-state index in [0.717, 1.165) is 18.0 Å². The molecule has 0 saturated carbocycles. The lowest BCUT2D eigenvalue weighted by Crippen LogP contribution is -2.21. The van der Waals surface area contributed by atoms with Gasteiger partial charge in [-0.25, -0.2) is 0 Å². The lowest BCUT2D eigenvalue weighted by molar-refractivity contribution is 0.168. The first-order valence-electron chi connectivity index (χ1n) is 5.88. The fourth-order valence-corrected chi connectivity index (χ4v) is 2.03. The Morgan fingerprint density at radius 2 is 2.06 bits per heavy atom. The normalized spacial score (nSPS) is 15.6. The highest BCUT2D eigenvalue weighted by Crippen LogP contribution is 2.33. The Bertz CT molecular complexity index is 362. The monoisotopic (exact) mass is 237 g/mol. The van der Waals surface area contributed by atoms with E-state index < -0.39 is 0 Å². The van der Waals surface area contributed by atoms with E-state index in [4.69, 9.17) is 14.2 Å². The molecule has 1 atom stereocenters. The molecule has 4 heteroatoms. The highest BCUT2D eigenvalue weighted by Gasteiger charge is 2.16. The lowest BCUT2D eigenvalue weighted by Gasteiger charge is -2.21. The van der Waals surface area contributed by atoms with E-state index in [-0.39, 0.29) is 0 Å². The van der Waals surface area contributed by atoms with E-state index in [1.807, 2.05) is 13.1 Å². The maximum absolute atomic E-state index is 5.58. The molecular formula is C13H19NO3. The standard InChI is InChI=1S/C13H19NO3/c1-14-8-11(9-15-2)10-3-4-12-13(7-10)17-6-5-16-12/h3-4,7,11,14H,5-6,8-9H2,1-2H3. The molecule has 0 saturated heterocycles. The summed E-state index contributed by atoms with van der Waals surface area (Å²) in [5.74, 6) is 2.01. The van der Waals surface area contributed by atoms with Crippen molar-refractivity contribution >= 4 is 0 Å². The van der Waals surface area contributed by atoms with Crippen molar-refractivity contribution in [2.75, 3.05) is 40.5 Å². The molecule has 1 aliphatic heterocycles. The van der Waals surface area contributed by atoms with Crippen LogP contribution in [0.25, 0.3) is 0 Å². The van der Waals surface area contributed by atoms with Gasteiger partial charge in [0, 0.05) is 19.6 Å². The van der Waals surface area contributed by atoms with E-state index in [1.165, 1.54) is 5.56 Å². The molecule has 0 spiro atoms. The highest BCUT2D eigenvalue weighted by molar-refractivity contribution is 5.44. The van der Waals surface area contributed by atoms with Gasteiger partial charge >= 0.3 is 0 Å². The summed E-state index contributed by atoms with van der Waals surface area (Å²) in [4.78, 5) is 0. The number of hydrogen-bond acceptors (Lipinski definition) is 4. The first-order valence-corrected chi connectivity index (χ1v) is 5.88. The molecular weight excluding hydrogens is 218 g/mol. The van der Waals surface area contributed by atoms with Crippen LogP contribution in [0.4, 0.5) is 0 Å². The first kappa shape index (κ1) is 12.2. The number of ether oxygens (including phenoxy) is 3. The third-order valence-electron chi connectivity index (χ3n) is 2.86. The molecule has 0 radical (unpaired) electrons. The molecule has 0 aromatic heterocycles. The summed E-state index contributed by atoms with van der Waals surface area (Å²) in [6, 6.07) is 6.10. The second-order valence-corrected chi connectivity index (χ2v) is 4.11. The number of benzene rings is 1. The van der Waals surface area contributed by atoms with Gasteiger partial charge in [-0.3, -0.25) is 0 Å². The van der Waals surface area contributed by atoms with Crippen molar-refractivity contribution in [1.29, 1.82) is 0 Å². The molecule has 0 bridgehead atoms. The number of hydrogen-bond donors (Lipinski definition) is 1. The summed E-state index contributed by atoms with van der Waals surface area (Å²) >= 11 is 0. The molecule has 1 aromatic carbocycles. The fraction of sp³-hybridized carbons (Fsp3) is 0.538. The van der Waals surface area contributed by atoms with Crippen LogP contribution in [-0.2, 0) is 4.74 Å². The average molecular weight is 237 g/mol. The lowest BCUT2D eigenvalue weighted by atomic mass is 9.99. The zero-order chi connectivity index (χ0) is 12.1. The molecule has 0 fully saturated rings. The molecule has 1 unspecified atom stereocenters.